The molecule has 0 aromatic heterocycles. The maximum atomic E-state index is 12.4. The van der Waals surface area contributed by atoms with Gasteiger partial charge in [-0.3, -0.25) is 4.79 Å². The van der Waals surface area contributed by atoms with E-state index in [0.29, 0.717) is 18.2 Å². The number of rotatable bonds is 2. The van der Waals surface area contributed by atoms with Gasteiger partial charge in [-0.05, 0) is 50.3 Å². The van der Waals surface area contributed by atoms with E-state index in [2.05, 4.69) is 5.32 Å². The van der Waals surface area contributed by atoms with Crippen molar-refractivity contribution in [1.82, 2.24) is 5.32 Å². The summed E-state index contributed by atoms with van der Waals surface area (Å²) in [6, 6.07) is 6.06. The van der Waals surface area contributed by atoms with Gasteiger partial charge in [0, 0.05) is 24.0 Å². The van der Waals surface area contributed by atoms with Crippen LogP contribution in [0.4, 0.5) is 0 Å². The largest absolute Gasteiger partial charge is 0.493 e. The molecular formula is C17H21NO2. The Labute approximate surface area is 121 Å². The van der Waals surface area contributed by atoms with Crippen molar-refractivity contribution >= 4 is 5.91 Å². The maximum absolute atomic E-state index is 12.4. The molecule has 106 valence electrons. The topological polar surface area (TPSA) is 38.3 Å². The predicted octanol–water partition coefficient (Wildman–Crippen LogP) is 3.17. The maximum Gasteiger partial charge on any atom is 0.251 e. The zero-order chi connectivity index (χ0) is 14.4. The number of fused-ring (bicyclic) bond motifs is 2. The Balaban J connectivity index is 1.59. The molecule has 0 radical (unpaired) electrons. The van der Waals surface area contributed by atoms with E-state index >= 15 is 0 Å². The third-order valence-corrected chi connectivity index (χ3v) is 4.97. The minimum absolute atomic E-state index is 0.0209. The van der Waals surface area contributed by atoms with Crippen LogP contribution >= 0.6 is 0 Å². The van der Waals surface area contributed by atoms with Gasteiger partial charge in [-0.2, -0.15) is 0 Å². The van der Waals surface area contributed by atoms with Gasteiger partial charge in [-0.1, -0.05) is 12.8 Å². The minimum Gasteiger partial charge on any atom is -0.493 e. The lowest BCUT2D eigenvalue weighted by molar-refractivity contribution is 0.0937. The van der Waals surface area contributed by atoms with Crippen molar-refractivity contribution in [2.24, 2.45) is 0 Å². The van der Waals surface area contributed by atoms with Crippen LogP contribution in [0.15, 0.2) is 18.2 Å². The summed E-state index contributed by atoms with van der Waals surface area (Å²) in [5, 5.41) is 3.13. The number of carbonyl (C=O) groups is 1. The summed E-state index contributed by atoms with van der Waals surface area (Å²) in [7, 11) is 0. The van der Waals surface area contributed by atoms with Crippen LogP contribution in [-0.2, 0) is 5.41 Å². The molecule has 20 heavy (non-hydrogen) atoms. The fourth-order valence-electron chi connectivity index (χ4n) is 3.55. The molecule has 1 aliphatic heterocycles. The van der Waals surface area contributed by atoms with Crippen LogP contribution in [0, 0.1) is 0 Å². The minimum atomic E-state index is -0.0444. The molecule has 1 heterocycles. The van der Waals surface area contributed by atoms with Gasteiger partial charge in [0.2, 0.25) is 0 Å². The highest BCUT2D eigenvalue weighted by atomic mass is 16.5. The van der Waals surface area contributed by atoms with Crippen molar-refractivity contribution < 1.29 is 10.9 Å². The zero-order valence-electron chi connectivity index (χ0n) is 12.7. The standard InChI is InChI=1S/C17H21NO2/c19-16(18-13-3-1-2-4-13)12-5-6-15-14(11-12)17(7-8-17)9-10-20-15/h5-6,11,13H,1-4,7-10H2,(H,18,19)/i7D. The van der Waals surface area contributed by atoms with Crippen molar-refractivity contribution in [2.75, 3.05) is 6.61 Å². The molecule has 1 aromatic carbocycles. The van der Waals surface area contributed by atoms with Crippen LogP contribution in [0.3, 0.4) is 0 Å². The Morgan fingerprint density at radius 1 is 1.35 bits per heavy atom. The van der Waals surface area contributed by atoms with Gasteiger partial charge in [0.05, 0.1) is 6.61 Å². The monoisotopic (exact) mass is 272 g/mol. The van der Waals surface area contributed by atoms with Crippen LogP contribution in [0.1, 0.15) is 62.2 Å². The third kappa shape index (κ3) is 2.00. The van der Waals surface area contributed by atoms with Crippen molar-refractivity contribution in [1.29, 1.82) is 0 Å². The van der Waals surface area contributed by atoms with Crippen LogP contribution < -0.4 is 10.1 Å². The molecule has 2 fully saturated rings. The van der Waals surface area contributed by atoms with Crippen molar-refractivity contribution in [3.05, 3.63) is 29.3 Å². The molecule has 0 bridgehead atoms. The fourth-order valence-corrected chi connectivity index (χ4v) is 3.55. The number of ether oxygens (including phenoxy) is 1. The van der Waals surface area contributed by atoms with E-state index < -0.39 is 0 Å². The average molecular weight is 272 g/mol. The number of amides is 1. The number of nitrogens with one attached hydrogen (secondary N) is 1. The number of hydrogen-bond acceptors (Lipinski definition) is 2. The first-order valence-corrected chi connectivity index (χ1v) is 7.69. The fraction of sp³-hybridized carbons (Fsp3) is 0.588. The molecule has 1 N–H and O–H groups in total. The first-order chi connectivity index (χ1) is 10.2. The molecule has 1 spiro atoms. The Morgan fingerprint density at radius 2 is 2.15 bits per heavy atom. The lowest BCUT2D eigenvalue weighted by Crippen LogP contribution is -2.33. The smallest absolute Gasteiger partial charge is 0.251 e. The van der Waals surface area contributed by atoms with Gasteiger partial charge in [-0.25, -0.2) is 0 Å². The van der Waals surface area contributed by atoms with Crippen LogP contribution in [0.5, 0.6) is 5.75 Å². The molecule has 2 atom stereocenters. The van der Waals surface area contributed by atoms with Gasteiger partial charge in [-0.15, -0.1) is 0 Å². The molecule has 2 saturated carbocycles. The third-order valence-electron chi connectivity index (χ3n) is 4.97. The first-order valence-electron chi connectivity index (χ1n) is 8.27. The molecule has 3 aliphatic rings. The van der Waals surface area contributed by atoms with Gasteiger partial charge in [0.15, 0.2) is 0 Å². The van der Waals surface area contributed by atoms with E-state index in [-0.39, 0.29) is 17.7 Å². The van der Waals surface area contributed by atoms with Crippen LogP contribution in [-0.4, -0.2) is 18.6 Å². The van der Waals surface area contributed by atoms with Gasteiger partial charge < -0.3 is 10.1 Å². The number of hydrogen-bond donors (Lipinski definition) is 1. The Hall–Kier alpha value is -1.51. The summed E-state index contributed by atoms with van der Waals surface area (Å²) in [5.41, 5.74) is 1.74. The molecule has 1 amide bonds. The quantitative estimate of drug-likeness (QED) is 0.898. The summed E-state index contributed by atoms with van der Waals surface area (Å²) in [6.07, 6.45) is 6.39. The Bertz CT molecular complexity index is 582. The van der Waals surface area contributed by atoms with E-state index in [4.69, 9.17) is 6.11 Å². The summed E-state index contributed by atoms with van der Waals surface area (Å²) < 4.78 is 13.8. The van der Waals surface area contributed by atoms with Crippen molar-refractivity contribution in [2.45, 2.75) is 56.4 Å². The molecule has 3 heteroatoms. The van der Waals surface area contributed by atoms with Crippen LogP contribution in [0.2, 0.25) is 0 Å². The highest BCUT2D eigenvalue weighted by Crippen LogP contribution is 2.55. The van der Waals surface area contributed by atoms with E-state index in [1.54, 1.807) is 0 Å². The second-order valence-corrected chi connectivity index (χ2v) is 6.33. The molecular weight excluding hydrogens is 250 g/mol. The molecule has 2 aliphatic carbocycles. The van der Waals surface area contributed by atoms with Gasteiger partial charge >= 0.3 is 0 Å². The second-order valence-electron chi connectivity index (χ2n) is 6.33. The zero-order valence-corrected chi connectivity index (χ0v) is 11.7. The second kappa shape index (κ2) is 4.51. The van der Waals surface area contributed by atoms with E-state index in [1.165, 1.54) is 12.8 Å². The molecule has 1 aromatic rings. The average Bonchev–Trinajstić information content (AvgIpc) is 2.89. The van der Waals surface area contributed by atoms with Crippen molar-refractivity contribution in [3.63, 3.8) is 0 Å². The first kappa shape index (κ1) is 11.2. The SMILES string of the molecule is [2H]C1CC12CCOc1ccc(C(=O)NC3CCCC3)cc12. The highest BCUT2D eigenvalue weighted by Gasteiger charge is 2.47. The summed E-state index contributed by atoms with van der Waals surface area (Å²) in [4.78, 5) is 12.4. The molecule has 4 rings (SSSR count). The number of carbonyl (C=O) groups excluding carboxylic acids is 1. The lowest BCUT2D eigenvalue weighted by Gasteiger charge is -2.26. The van der Waals surface area contributed by atoms with Gasteiger partial charge in [0.25, 0.3) is 5.91 Å². The van der Waals surface area contributed by atoms with E-state index in [9.17, 15) is 4.79 Å². The number of benzene rings is 1. The van der Waals surface area contributed by atoms with Gasteiger partial charge in [0.1, 0.15) is 5.75 Å². The molecule has 2 unspecified atom stereocenters. The predicted molar refractivity (Wildman–Crippen MR) is 77.2 cm³/mol. The van der Waals surface area contributed by atoms with Crippen LogP contribution in [0.25, 0.3) is 0 Å². The summed E-state index contributed by atoms with van der Waals surface area (Å²) in [6.45, 7) is 0.690. The molecule has 0 saturated heterocycles. The Morgan fingerprint density at radius 3 is 2.90 bits per heavy atom. The lowest BCUT2D eigenvalue weighted by atomic mass is 9.88. The van der Waals surface area contributed by atoms with E-state index in [1.807, 2.05) is 18.2 Å². The summed E-state index contributed by atoms with van der Waals surface area (Å²) in [5.74, 6) is 0.890. The normalized spacial score (nSPS) is 32.4. The Kier molecular flexibility index (Phi) is 2.52. The molecule has 3 nitrogen and oxygen atoms in total. The highest BCUT2D eigenvalue weighted by molar-refractivity contribution is 5.95. The van der Waals surface area contributed by atoms with Crippen molar-refractivity contribution in [3.8, 4) is 5.75 Å². The van der Waals surface area contributed by atoms with E-state index in [0.717, 1.165) is 37.0 Å². The summed E-state index contributed by atoms with van der Waals surface area (Å²) >= 11 is 0.